The fraction of sp³-hybridized carbons (Fsp3) is 0.188. The standard InChI is InChI=1S/C16H16N2O2/c1-19-14-5-6-15-11(8-14)3-4-12(16(15)20-2)7-13-9-17-10-18-13/h3-6,8-10H,7H2,1-2H3,(H,17,18). The molecule has 4 heteroatoms. The lowest BCUT2D eigenvalue weighted by molar-refractivity contribution is 0.413. The van der Waals surface area contributed by atoms with Crippen LogP contribution in [0.25, 0.3) is 10.8 Å². The first-order valence-corrected chi connectivity index (χ1v) is 6.42. The zero-order valence-corrected chi connectivity index (χ0v) is 11.5. The number of methoxy groups -OCH3 is 2. The molecular formula is C16H16N2O2. The summed E-state index contributed by atoms with van der Waals surface area (Å²) < 4.78 is 10.9. The van der Waals surface area contributed by atoms with E-state index in [-0.39, 0.29) is 0 Å². The molecule has 2 aromatic carbocycles. The molecule has 0 aliphatic rings. The number of imidazole rings is 1. The lowest BCUT2D eigenvalue weighted by atomic mass is 10.0. The number of ether oxygens (including phenoxy) is 2. The van der Waals surface area contributed by atoms with Crippen molar-refractivity contribution in [3.05, 3.63) is 54.1 Å². The third-order valence-corrected chi connectivity index (χ3v) is 3.40. The van der Waals surface area contributed by atoms with Gasteiger partial charge in [0.25, 0.3) is 0 Å². The fourth-order valence-corrected chi connectivity index (χ4v) is 2.42. The summed E-state index contributed by atoms with van der Waals surface area (Å²) in [5.74, 6) is 1.75. The van der Waals surface area contributed by atoms with Crippen LogP contribution in [0.5, 0.6) is 11.5 Å². The molecular weight excluding hydrogens is 252 g/mol. The molecule has 0 unspecified atom stereocenters. The number of fused-ring (bicyclic) bond motifs is 1. The van der Waals surface area contributed by atoms with E-state index in [2.05, 4.69) is 22.1 Å². The second kappa shape index (κ2) is 5.25. The van der Waals surface area contributed by atoms with Gasteiger partial charge >= 0.3 is 0 Å². The molecule has 20 heavy (non-hydrogen) atoms. The Morgan fingerprint density at radius 1 is 1.10 bits per heavy atom. The summed E-state index contributed by atoms with van der Waals surface area (Å²) >= 11 is 0. The molecule has 0 amide bonds. The van der Waals surface area contributed by atoms with Crippen LogP contribution in [0.4, 0.5) is 0 Å². The average Bonchev–Trinajstić information content (AvgIpc) is 2.99. The molecule has 102 valence electrons. The Morgan fingerprint density at radius 3 is 2.70 bits per heavy atom. The van der Waals surface area contributed by atoms with Crippen LogP contribution in [0.2, 0.25) is 0 Å². The first kappa shape index (κ1) is 12.5. The number of H-pyrrole nitrogens is 1. The van der Waals surface area contributed by atoms with Crippen molar-refractivity contribution in [3.63, 3.8) is 0 Å². The van der Waals surface area contributed by atoms with Gasteiger partial charge in [-0.25, -0.2) is 4.98 Å². The lowest BCUT2D eigenvalue weighted by Gasteiger charge is -2.12. The third kappa shape index (κ3) is 2.20. The largest absolute Gasteiger partial charge is 0.497 e. The van der Waals surface area contributed by atoms with Crippen molar-refractivity contribution in [1.29, 1.82) is 0 Å². The van der Waals surface area contributed by atoms with Gasteiger partial charge in [0.05, 0.1) is 20.5 Å². The highest BCUT2D eigenvalue weighted by molar-refractivity contribution is 5.90. The first-order valence-electron chi connectivity index (χ1n) is 6.42. The molecule has 0 saturated carbocycles. The van der Waals surface area contributed by atoms with E-state index in [1.807, 2.05) is 24.4 Å². The van der Waals surface area contributed by atoms with Crippen molar-refractivity contribution in [2.75, 3.05) is 14.2 Å². The summed E-state index contributed by atoms with van der Waals surface area (Å²) in [5.41, 5.74) is 2.20. The van der Waals surface area contributed by atoms with E-state index in [9.17, 15) is 0 Å². The summed E-state index contributed by atoms with van der Waals surface area (Å²) in [6.07, 6.45) is 4.29. The second-order valence-corrected chi connectivity index (χ2v) is 4.60. The highest BCUT2D eigenvalue weighted by Crippen LogP contribution is 2.33. The minimum absolute atomic E-state index is 0.769. The summed E-state index contributed by atoms with van der Waals surface area (Å²) in [7, 11) is 3.38. The third-order valence-electron chi connectivity index (χ3n) is 3.40. The smallest absolute Gasteiger partial charge is 0.130 e. The molecule has 0 atom stereocenters. The second-order valence-electron chi connectivity index (χ2n) is 4.60. The molecule has 0 spiro atoms. The minimum atomic E-state index is 0.769. The molecule has 1 aromatic heterocycles. The van der Waals surface area contributed by atoms with Crippen LogP contribution in [-0.4, -0.2) is 24.2 Å². The fourth-order valence-electron chi connectivity index (χ4n) is 2.42. The number of rotatable bonds is 4. The zero-order valence-electron chi connectivity index (χ0n) is 11.5. The molecule has 0 aliphatic carbocycles. The van der Waals surface area contributed by atoms with E-state index in [1.165, 1.54) is 0 Å². The van der Waals surface area contributed by atoms with E-state index in [0.717, 1.165) is 39.9 Å². The Kier molecular flexibility index (Phi) is 3.29. The van der Waals surface area contributed by atoms with Gasteiger partial charge in [0.1, 0.15) is 11.5 Å². The zero-order chi connectivity index (χ0) is 13.9. The molecule has 3 aromatic rings. The molecule has 0 bridgehead atoms. The summed E-state index contributed by atoms with van der Waals surface area (Å²) in [4.78, 5) is 7.16. The monoisotopic (exact) mass is 268 g/mol. The average molecular weight is 268 g/mol. The van der Waals surface area contributed by atoms with Crippen LogP contribution in [0.15, 0.2) is 42.9 Å². The predicted molar refractivity (Wildman–Crippen MR) is 78.4 cm³/mol. The summed E-state index contributed by atoms with van der Waals surface area (Å²) in [5, 5.41) is 2.19. The van der Waals surface area contributed by atoms with Crippen LogP contribution in [0.3, 0.4) is 0 Å². The van der Waals surface area contributed by atoms with Gasteiger partial charge < -0.3 is 14.5 Å². The van der Waals surface area contributed by atoms with E-state index >= 15 is 0 Å². The molecule has 1 heterocycles. The quantitative estimate of drug-likeness (QED) is 0.790. The van der Waals surface area contributed by atoms with Crippen molar-refractivity contribution in [2.45, 2.75) is 6.42 Å². The van der Waals surface area contributed by atoms with Gasteiger partial charge in [-0.1, -0.05) is 12.1 Å². The molecule has 0 radical (unpaired) electrons. The number of hydrogen-bond donors (Lipinski definition) is 1. The highest BCUT2D eigenvalue weighted by atomic mass is 16.5. The number of aromatic nitrogens is 2. The van der Waals surface area contributed by atoms with Crippen molar-refractivity contribution in [3.8, 4) is 11.5 Å². The number of benzene rings is 2. The Labute approximate surface area is 117 Å². The SMILES string of the molecule is COc1ccc2c(OC)c(Cc3cnc[nH]3)ccc2c1. The first-order chi connectivity index (χ1) is 9.81. The maximum Gasteiger partial charge on any atom is 0.130 e. The Morgan fingerprint density at radius 2 is 2.00 bits per heavy atom. The van der Waals surface area contributed by atoms with Gasteiger partial charge in [0.2, 0.25) is 0 Å². The summed E-state index contributed by atoms with van der Waals surface area (Å²) in [6.45, 7) is 0. The van der Waals surface area contributed by atoms with Crippen LogP contribution in [0.1, 0.15) is 11.3 Å². The van der Waals surface area contributed by atoms with Gasteiger partial charge in [-0.05, 0) is 23.6 Å². The molecule has 3 rings (SSSR count). The van der Waals surface area contributed by atoms with Gasteiger partial charge in [-0.3, -0.25) is 0 Å². The van der Waals surface area contributed by atoms with Gasteiger partial charge in [0, 0.05) is 29.3 Å². The number of nitrogens with zero attached hydrogens (tertiary/aromatic N) is 1. The van der Waals surface area contributed by atoms with E-state index in [0.29, 0.717) is 0 Å². The molecule has 0 fully saturated rings. The Bertz CT molecular complexity index is 721. The summed E-state index contributed by atoms with van der Waals surface area (Å²) in [6, 6.07) is 10.2. The van der Waals surface area contributed by atoms with Crippen LogP contribution in [0, 0.1) is 0 Å². The molecule has 1 N–H and O–H groups in total. The Balaban J connectivity index is 2.09. The number of nitrogens with one attached hydrogen (secondary N) is 1. The lowest BCUT2D eigenvalue weighted by Crippen LogP contribution is -1.95. The van der Waals surface area contributed by atoms with E-state index in [1.54, 1.807) is 20.5 Å². The molecule has 0 saturated heterocycles. The maximum absolute atomic E-state index is 5.61. The minimum Gasteiger partial charge on any atom is -0.497 e. The van der Waals surface area contributed by atoms with E-state index in [4.69, 9.17) is 9.47 Å². The maximum atomic E-state index is 5.61. The molecule has 4 nitrogen and oxygen atoms in total. The van der Waals surface area contributed by atoms with Gasteiger partial charge in [0.15, 0.2) is 0 Å². The van der Waals surface area contributed by atoms with Crippen LogP contribution < -0.4 is 9.47 Å². The number of aromatic amines is 1. The van der Waals surface area contributed by atoms with Gasteiger partial charge in [-0.15, -0.1) is 0 Å². The van der Waals surface area contributed by atoms with E-state index < -0.39 is 0 Å². The van der Waals surface area contributed by atoms with Crippen LogP contribution >= 0.6 is 0 Å². The highest BCUT2D eigenvalue weighted by Gasteiger charge is 2.10. The topological polar surface area (TPSA) is 47.1 Å². The molecule has 0 aliphatic heterocycles. The normalized spacial score (nSPS) is 10.7. The van der Waals surface area contributed by atoms with Crippen molar-refractivity contribution < 1.29 is 9.47 Å². The number of hydrogen-bond acceptors (Lipinski definition) is 3. The van der Waals surface area contributed by atoms with Crippen molar-refractivity contribution in [2.24, 2.45) is 0 Å². The van der Waals surface area contributed by atoms with Gasteiger partial charge in [-0.2, -0.15) is 0 Å². The predicted octanol–water partition coefficient (Wildman–Crippen LogP) is 3.17. The Hall–Kier alpha value is -2.49. The van der Waals surface area contributed by atoms with Crippen molar-refractivity contribution in [1.82, 2.24) is 9.97 Å². The van der Waals surface area contributed by atoms with Crippen molar-refractivity contribution >= 4 is 10.8 Å². The van der Waals surface area contributed by atoms with Crippen LogP contribution in [-0.2, 0) is 6.42 Å².